The van der Waals surface area contributed by atoms with Gasteiger partial charge in [-0.15, -0.1) is 0 Å². The Bertz CT molecular complexity index is 163. The summed E-state index contributed by atoms with van der Waals surface area (Å²) in [6.07, 6.45) is 6.74. The van der Waals surface area contributed by atoms with Crippen molar-refractivity contribution in [3.63, 3.8) is 0 Å². The van der Waals surface area contributed by atoms with Crippen LogP contribution in [0.15, 0.2) is 16.1 Å². The minimum atomic E-state index is -0.939. The summed E-state index contributed by atoms with van der Waals surface area (Å²) in [7, 11) is 0. The van der Waals surface area contributed by atoms with Gasteiger partial charge in [-0.3, -0.25) is 0 Å². The molecule has 0 aromatic heterocycles. The second-order valence-electron chi connectivity index (χ2n) is 2.82. The summed E-state index contributed by atoms with van der Waals surface area (Å²) in [5.41, 5.74) is 1.44. The summed E-state index contributed by atoms with van der Waals surface area (Å²) in [5, 5.41) is 0. The van der Waals surface area contributed by atoms with Gasteiger partial charge < -0.3 is 0 Å². The van der Waals surface area contributed by atoms with Gasteiger partial charge in [0.15, 0.2) is 0 Å². The Labute approximate surface area is 61.8 Å². The number of hydrogen-bond donors (Lipinski definition) is 0. The summed E-state index contributed by atoms with van der Waals surface area (Å²) >= 11 is -0.939. The molecular formula is C8H13Ge. The maximum absolute atomic E-state index is 3.32. The van der Waals surface area contributed by atoms with E-state index in [4.69, 9.17) is 0 Å². The SMILES string of the molecule is CC1=[C]CC=[C]1[GeH]([CH3])[CH3]. The quantitative estimate of drug-likeness (QED) is 0.544. The Kier molecular flexibility index (Phi) is 2.17. The van der Waals surface area contributed by atoms with Crippen LogP contribution in [0.1, 0.15) is 13.3 Å². The molecule has 0 saturated heterocycles. The van der Waals surface area contributed by atoms with Crippen LogP contribution in [-0.4, -0.2) is 14.3 Å². The van der Waals surface area contributed by atoms with Gasteiger partial charge in [-0.1, -0.05) is 0 Å². The number of allylic oxidation sites excluding steroid dienone is 4. The first-order valence-corrected chi connectivity index (χ1v) is 9.55. The van der Waals surface area contributed by atoms with Crippen molar-refractivity contribution in [3.05, 3.63) is 22.1 Å². The number of rotatable bonds is 1. The van der Waals surface area contributed by atoms with Gasteiger partial charge in [0.1, 0.15) is 0 Å². The monoisotopic (exact) mass is 183 g/mol. The van der Waals surface area contributed by atoms with Crippen LogP contribution in [0.3, 0.4) is 0 Å². The van der Waals surface area contributed by atoms with E-state index in [1.807, 2.05) is 0 Å². The normalized spacial score (nSPS) is 18.2. The van der Waals surface area contributed by atoms with Crippen LogP contribution < -0.4 is 0 Å². The third-order valence-corrected chi connectivity index (χ3v) is 5.76. The van der Waals surface area contributed by atoms with Gasteiger partial charge in [0.05, 0.1) is 0 Å². The number of hydrogen-bond acceptors (Lipinski definition) is 0. The van der Waals surface area contributed by atoms with Crippen LogP contribution in [0, 0.1) is 6.08 Å². The molecule has 9 heavy (non-hydrogen) atoms. The van der Waals surface area contributed by atoms with Crippen molar-refractivity contribution in [2.45, 2.75) is 24.9 Å². The van der Waals surface area contributed by atoms with Crippen molar-refractivity contribution >= 4 is 14.3 Å². The van der Waals surface area contributed by atoms with Crippen LogP contribution >= 0.6 is 0 Å². The van der Waals surface area contributed by atoms with Crippen molar-refractivity contribution in [1.29, 1.82) is 0 Å². The second kappa shape index (κ2) is 2.74. The summed E-state index contributed by atoms with van der Waals surface area (Å²) in [6.45, 7) is 2.18. The van der Waals surface area contributed by atoms with E-state index in [0.717, 1.165) is 6.42 Å². The molecule has 0 aromatic rings. The molecule has 1 aliphatic rings. The van der Waals surface area contributed by atoms with E-state index in [9.17, 15) is 0 Å². The first-order valence-electron chi connectivity index (χ1n) is 3.49. The van der Waals surface area contributed by atoms with E-state index in [0.29, 0.717) is 0 Å². The van der Waals surface area contributed by atoms with Crippen molar-refractivity contribution < 1.29 is 0 Å². The zero-order valence-corrected chi connectivity index (χ0v) is 8.78. The van der Waals surface area contributed by atoms with Gasteiger partial charge >= 0.3 is 61.3 Å². The Morgan fingerprint density at radius 3 is 2.44 bits per heavy atom. The van der Waals surface area contributed by atoms with E-state index in [1.54, 1.807) is 4.41 Å². The van der Waals surface area contributed by atoms with E-state index >= 15 is 0 Å². The molecule has 0 aliphatic heterocycles. The predicted octanol–water partition coefficient (Wildman–Crippen LogP) is 2.09. The van der Waals surface area contributed by atoms with E-state index in [-0.39, 0.29) is 0 Å². The summed E-state index contributed by atoms with van der Waals surface area (Å²) in [6, 6.07) is 0. The van der Waals surface area contributed by atoms with E-state index in [2.05, 4.69) is 30.6 Å². The van der Waals surface area contributed by atoms with Crippen molar-refractivity contribution in [1.82, 2.24) is 0 Å². The molecule has 0 heterocycles. The fraction of sp³-hybridized carbons (Fsp3) is 0.500. The van der Waals surface area contributed by atoms with Crippen LogP contribution in [0.25, 0.3) is 0 Å². The van der Waals surface area contributed by atoms with E-state index in [1.165, 1.54) is 5.57 Å². The van der Waals surface area contributed by atoms with Gasteiger partial charge in [-0.05, 0) is 0 Å². The molecule has 0 amide bonds. The zero-order valence-electron chi connectivity index (χ0n) is 6.36. The zero-order chi connectivity index (χ0) is 6.85. The van der Waals surface area contributed by atoms with E-state index < -0.39 is 14.3 Å². The first-order chi connectivity index (χ1) is 4.22. The topological polar surface area (TPSA) is 0 Å². The average Bonchev–Trinajstić information content (AvgIpc) is 2.13. The first kappa shape index (κ1) is 7.13. The van der Waals surface area contributed by atoms with Crippen molar-refractivity contribution in [2.24, 2.45) is 0 Å². The Morgan fingerprint density at radius 1 is 1.56 bits per heavy atom. The molecule has 0 atom stereocenters. The van der Waals surface area contributed by atoms with Gasteiger partial charge in [0.25, 0.3) is 0 Å². The van der Waals surface area contributed by atoms with Gasteiger partial charge in [0.2, 0.25) is 0 Å². The fourth-order valence-electron chi connectivity index (χ4n) is 1.24. The molecule has 0 nitrogen and oxygen atoms in total. The Morgan fingerprint density at radius 2 is 2.22 bits per heavy atom. The molecule has 1 radical (unpaired) electrons. The Balaban J connectivity index is 2.72. The van der Waals surface area contributed by atoms with Crippen LogP contribution in [0.5, 0.6) is 0 Å². The molecule has 49 valence electrons. The molecule has 0 spiro atoms. The van der Waals surface area contributed by atoms with Crippen LogP contribution in [0.2, 0.25) is 11.5 Å². The molecule has 0 fully saturated rings. The fourth-order valence-corrected chi connectivity index (χ4v) is 4.51. The minimum absolute atomic E-state index is 0.939. The molecule has 1 heteroatoms. The molecule has 0 bridgehead atoms. The molecule has 1 aliphatic carbocycles. The van der Waals surface area contributed by atoms with Gasteiger partial charge in [0, 0.05) is 0 Å². The summed E-state index contributed by atoms with van der Waals surface area (Å²) < 4.78 is 1.67. The molecule has 0 saturated carbocycles. The Hall–Kier alpha value is 0.0229. The summed E-state index contributed by atoms with van der Waals surface area (Å²) in [4.78, 5) is 0. The van der Waals surface area contributed by atoms with Crippen LogP contribution in [-0.2, 0) is 0 Å². The maximum atomic E-state index is 3.32. The molecule has 0 N–H and O–H groups in total. The van der Waals surface area contributed by atoms with Gasteiger partial charge in [-0.2, -0.15) is 0 Å². The molecular weight excluding hydrogens is 169 g/mol. The van der Waals surface area contributed by atoms with Gasteiger partial charge in [-0.25, -0.2) is 0 Å². The predicted molar refractivity (Wildman–Crippen MR) is 44.0 cm³/mol. The summed E-state index contributed by atoms with van der Waals surface area (Å²) in [5.74, 6) is 4.82. The molecule has 1 rings (SSSR count). The third kappa shape index (κ3) is 1.48. The van der Waals surface area contributed by atoms with Crippen molar-refractivity contribution in [3.8, 4) is 0 Å². The molecule has 0 aromatic carbocycles. The average molecular weight is 182 g/mol. The molecule has 0 unspecified atom stereocenters. The third-order valence-electron chi connectivity index (χ3n) is 1.74. The van der Waals surface area contributed by atoms with Crippen LogP contribution in [0.4, 0.5) is 0 Å². The standard InChI is InChI=1S/C8H13Ge/c1-7-5-4-6-8(7)9(2)3/h6,9H,4H2,1-3H3. The second-order valence-corrected chi connectivity index (χ2v) is 8.97. The van der Waals surface area contributed by atoms with Crippen molar-refractivity contribution in [2.75, 3.05) is 0 Å².